The lowest BCUT2D eigenvalue weighted by molar-refractivity contribution is -0.137. The van der Waals surface area contributed by atoms with Crippen molar-refractivity contribution in [3.05, 3.63) is 22.8 Å². The predicted octanol–water partition coefficient (Wildman–Crippen LogP) is 2.95. The number of rotatable bonds is 3. The van der Waals surface area contributed by atoms with Crippen molar-refractivity contribution in [1.29, 1.82) is 0 Å². The highest BCUT2D eigenvalue weighted by molar-refractivity contribution is 7.80. The number of pyridine rings is 1. The van der Waals surface area contributed by atoms with Crippen LogP contribution in [-0.2, 0) is 6.18 Å². The zero-order valence-corrected chi connectivity index (χ0v) is 11.7. The molecule has 1 aromatic rings. The first kappa shape index (κ1) is 15.8. The Kier molecular flexibility index (Phi) is 5.19. The lowest BCUT2D eigenvalue weighted by atomic mass is 10.3. The Morgan fingerprint density at radius 2 is 2.05 bits per heavy atom. The van der Waals surface area contributed by atoms with Crippen LogP contribution < -0.4 is 16.2 Å². The van der Waals surface area contributed by atoms with Crippen LogP contribution in [0, 0.1) is 0 Å². The second-order valence-corrected chi connectivity index (χ2v) is 4.75. The molecular formula is C10H12ClF3N4S. The number of alkyl halides is 3. The maximum absolute atomic E-state index is 12.4. The number of nitrogens with zero attached hydrogens (tertiary/aromatic N) is 1. The van der Waals surface area contributed by atoms with Gasteiger partial charge in [0.2, 0.25) is 0 Å². The van der Waals surface area contributed by atoms with E-state index in [0.29, 0.717) is 6.20 Å². The molecule has 9 heteroatoms. The molecule has 0 amide bonds. The van der Waals surface area contributed by atoms with E-state index in [1.807, 2.05) is 13.8 Å². The van der Waals surface area contributed by atoms with Crippen molar-refractivity contribution in [1.82, 2.24) is 15.7 Å². The fraction of sp³-hybridized carbons (Fsp3) is 0.400. The quantitative estimate of drug-likeness (QED) is 0.592. The average Bonchev–Trinajstić information content (AvgIpc) is 2.25. The van der Waals surface area contributed by atoms with Gasteiger partial charge in [-0.1, -0.05) is 11.6 Å². The molecule has 0 radical (unpaired) electrons. The van der Waals surface area contributed by atoms with Crippen LogP contribution in [-0.4, -0.2) is 16.1 Å². The molecule has 1 heterocycles. The van der Waals surface area contributed by atoms with E-state index < -0.39 is 11.7 Å². The van der Waals surface area contributed by atoms with Crippen molar-refractivity contribution in [3.63, 3.8) is 0 Å². The van der Waals surface area contributed by atoms with Gasteiger partial charge in [-0.2, -0.15) is 13.2 Å². The summed E-state index contributed by atoms with van der Waals surface area (Å²) in [5, 5.41) is 3.00. The number of thiocarbonyl (C=S) groups is 1. The molecule has 0 aromatic carbocycles. The van der Waals surface area contributed by atoms with Crippen LogP contribution in [0.5, 0.6) is 0 Å². The van der Waals surface area contributed by atoms with E-state index >= 15 is 0 Å². The number of hydrogen-bond donors (Lipinski definition) is 3. The minimum atomic E-state index is -4.48. The highest BCUT2D eigenvalue weighted by atomic mass is 35.5. The molecule has 0 atom stereocenters. The smallest absolute Gasteiger partial charge is 0.359 e. The second-order valence-electron chi connectivity index (χ2n) is 3.93. The molecule has 0 saturated heterocycles. The molecule has 106 valence electrons. The van der Waals surface area contributed by atoms with Gasteiger partial charge in [-0.25, -0.2) is 4.98 Å². The fourth-order valence-electron chi connectivity index (χ4n) is 1.10. The molecule has 1 rings (SSSR count). The molecule has 3 N–H and O–H groups in total. The molecule has 0 aliphatic carbocycles. The second kappa shape index (κ2) is 6.25. The maximum Gasteiger partial charge on any atom is 0.417 e. The highest BCUT2D eigenvalue weighted by Gasteiger charge is 2.31. The summed E-state index contributed by atoms with van der Waals surface area (Å²) in [6.45, 7) is 3.77. The zero-order valence-electron chi connectivity index (χ0n) is 10.1. The molecule has 0 unspecified atom stereocenters. The summed E-state index contributed by atoms with van der Waals surface area (Å²) in [6, 6.07) is 0.912. The zero-order chi connectivity index (χ0) is 14.6. The normalized spacial score (nSPS) is 11.3. The van der Waals surface area contributed by atoms with E-state index in [-0.39, 0.29) is 22.0 Å². The first-order valence-electron chi connectivity index (χ1n) is 5.25. The van der Waals surface area contributed by atoms with Crippen LogP contribution in [0.2, 0.25) is 5.02 Å². The Bertz CT molecular complexity index is 465. The van der Waals surface area contributed by atoms with Crippen molar-refractivity contribution >= 4 is 34.7 Å². The molecule has 19 heavy (non-hydrogen) atoms. The van der Waals surface area contributed by atoms with Gasteiger partial charge in [0.1, 0.15) is 0 Å². The monoisotopic (exact) mass is 312 g/mol. The van der Waals surface area contributed by atoms with Crippen molar-refractivity contribution in [2.45, 2.75) is 26.1 Å². The molecule has 0 spiro atoms. The van der Waals surface area contributed by atoms with Crippen LogP contribution in [0.3, 0.4) is 0 Å². The Labute approximate surface area is 118 Å². The predicted molar refractivity (Wildman–Crippen MR) is 71.9 cm³/mol. The van der Waals surface area contributed by atoms with E-state index in [1.165, 1.54) is 0 Å². The molecule has 0 saturated carbocycles. The van der Waals surface area contributed by atoms with Crippen LogP contribution in [0.15, 0.2) is 12.3 Å². The van der Waals surface area contributed by atoms with Crippen molar-refractivity contribution in [2.24, 2.45) is 0 Å². The number of aromatic nitrogens is 1. The molecule has 0 fully saturated rings. The summed E-state index contributed by atoms with van der Waals surface area (Å²) >= 11 is 10.6. The lowest BCUT2D eigenvalue weighted by Gasteiger charge is -2.15. The summed E-state index contributed by atoms with van der Waals surface area (Å²) in [7, 11) is 0. The summed E-state index contributed by atoms with van der Waals surface area (Å²) in [5.41, 5.74) is 4.19. The number of halogens is 4. The largest absolute Gasteiger partial charge is 0.417 e. The third kappa shape index (κ3) is 5.07. The molecular weight excluding hydrogens is 301 g/mol. The standard InChI is InChI=1S/C10H12ClF3N4S/c1-5(2)16-9(19)18-17-8-7(11)3-6(4-15-8)10(12,13)14/h3-5H,1-2H3,(H,15,17)(H2,16,18,19). The van der Waals surface area contributed by atoms with Gasteiger partial charge < -0.3 is 5.32 Å². The minimum Gasteiger partial charge on any atom is -0.359 e. The van der Waals surface area contributed by atoms with Crippen LogP contribution in [0.4, 0.5) is 19.0 Å². The van der Waals surface area contributed by atoms with Crippen LogP contribution in [0.1, 0.15) is 19.4 Å². The number of nitrogens with one attached hydrogen (secondary N) is 3. The SMILES string of the molecule is CC(C)NC(=S)NNc1ncc(C(F)(F)F)cc1Cl. The Balaban J connectivity index is 2.68. The first-order chi connectivity index (χ1) is 8.70. The number of anilines is 1. The summed E-state index contributed by atoms with van der Waals surface area (Å²) in [5.74, 6) is 0.0579. The molecule has 4 nitrogen and oxygen atoms in total. The van der Waals surface area contributed by atoms with Crippen molar-refractivity contribution in [2.75, 3.05) is 5.43 Å². The lowest BCUT2D eigenvalue weighted by Crippen LogP contribution is -2.42. The van der Waals surface area contributed by atoms with Gasteiger partial charge in [-0.15, -0.1) is 0 Å². The van der Waals surface area contributed by atoms with Crippen molar-refractivity contribution in [3.8, 4) is 0 Å². The van der Waals surface area contributed by atoms with E-state index in [2.05, 4.69) is 21.2 Å². The van der Waals surface area contributed by atoms with E-state index in [0.717, 1.165) is 6.07 Å². The van der Waals surface area contributed by atoms with Crippen LogP contribution >= 0.6 is 23.8 Å². The fourth-order valence-corrected chi connectivity index (χ4v) is 1.60. The summed E-state index contributed by atoms with van der Waals surface area (Å²) in [6.07, 6.45) is -3.79. The summed E-state index contributed by atoms with van der Waals surface area (Å²) in [4.78, 5) is 3.58. The molecule has 1 aromatic heterocycles. The van der Waals surface area contributed by atoms with E-state index in [9.17, 15) is 13.2 Å². The molecule has 0 bridgehead atoms. The van der Waals surface area contributed by atoms with Gasteiger partial charge in [0.15, 0.2) is 10.9 Å². The van der Waals surface area contributed by atoms with Gasteiger partial charge >= 0.3 is 6.18 Å². The van der Waals surface area contributed by atoms with Crippen LogP contribution in [0.25, 0.3) is 0 Å². The topological polar surface area (TPSA) is 49.0 Å². The van der Waals surface area contributed by atoms with Crippen molar-refractivity contribution < 1.29 is 13.2 Å². The summed E-state index contributed by atoms with van der Waals surface area (Å²) < 4.78 is 37.2. The molecule has 0 aliphatic heterocycles. The maximum atomic E-state index is 12.4. The minimum absolute atomic E-state index is 0.0579. The van der Waals surface area contributed by atoms with E-state index in [4.69, 9.17) is 23.8 Å². The Morgan fingerprint density at radius 3 is 2.53 bits per heavy atom. The van der Waals surface area contributed by atoms with Gasteiger partial charge in [-0.05, 0) is 32.1 Å². The average molecular weight is 313 g/mol. The Morgan fingerprint density at radius 1 is 1.42 bits per heavy atom. The number of hydrogen-bond acceptors (Lipinski definition) is 3. The van der Waals surface area contributed by atoms with E-state index in [1.54, 1.807) is 0 Å². The number of hydrazine groups is 1. The van der Waals surface area contributed by atoms with Gasteiger partial charge in [0.25, 0.3) is 0 Å². The van der Waals surface area contributed by atoms with Gasteiger partial charge in [0, 0.05) is 12.2 Å². The first-order valence-corrected chi connectivity index (χ1v) is 6.04. The van der Waals surface area contributed by atoms with Gasteiger partial charge in [-0.3, -0.25) is 10.9 Å². The van der Waals surface area contributed by atoms with Gasteiger partial charge in [0.05, 0.1) is 10.6 Å². The Hall–Kier alpha value is -1.28. The molecule has 0 aliphatic rings. The third-order valence-electron chi connectivity index (χ3n) is 1.88. The highest BCUT2D eigenvalue weighted by Crippen LogP contribution is 2.32. The third-order valence-corrected chi connectivity index (χ3v) is 2.39.